The van der Waals surface area contributed by atoms with E-state index in [4.69, 9.17) is 9.84 Å². The van der Waals surface area contributed by atoms with Crippen molar-refractivity contribution < 1.29 is 19.4 Å². The van der Waals surface area contributed by atoms with Gasteiger partial charge in [0, 0.05) is 12.2 Å². The lowest BCUT2D eigenvalue weighted by Gasteiger charge is -2.34. The maximum Gasteiger partial charge on any atom is 0.332 e. The maximum absolute atomic E-state index is 12.7. The van der Waals surface area contributed by atoms with Crippen LogP contribution in [-0.2, 0) is 20.7 Å². The van der Waals surface area contributed by atoms with Crippen LogP contribution in [0.4, 0.5) is 5.69 Å². The molecule has 0 saturated carbocycles. The van der Waals surface area contributed by atoms with Crippen molar-refractivity contribution in [3.63, 3.8) is 0 Å². The number of hydrogen-bond donors (Lipinski definition) is 1. The molecule has 0 bridgehead atoms. The predicted molar refractivity (Wildman–Crippen MR) is 77.2 cm³/mol. The molecular formula is C16H19NO4. The molecule has 0 aliphatic carbocycles. The van der Waals surface area contributed by atoms with E-state index >= 15 is 0 Å². The van der Waals surface area contributed by atoms with Crippen LogP contribution in [0, 0.1) is 5.92 Å². The molecule has 2 aliphatic heterocycles. The van der Waals surface area contributed by atoms with Gasteiger partial charge in [-0.1, -0.05) is 25.1 Å². The quantitative estimate of drug-likeness (QED) is 0.902. The van der Waals surface area contributed by atoms with E-state index in [9.17, 15) is 9.59 Å². The molecule has 2 aliphatic rings. The highest BCUT2D eigenvalue weighted by molar-refractivity contribution is 5.98. The van der Waals surface area contributed by atoms with Crippen molar-refractivity contribution in [1.82, 2.24) is 0 Å². The number of anilines is 1. The number of carbonyl (C=O) groups is 2. The van der Waals surface area contributed by atoms with E-state index in [2.05, 4.69) is 6.92 Å². The van der Waals surface area contributed by atoms with E-state index in [1.54, 1.807) is 4.90 Å². The summed E-state index contributed by atoms with van der Waals surface area (Å²) in [4.78, 5) is 25.4. The first-order valence-electron chi connectivity index (χ1n) is 7.34. The molecule has 1 saturated heterocycles. The molecule has 0 aromatic heterocycles. The summed E-state index contributed by atoms with van der Waals surface area (Å²) < 4.78 is 5.40. The van der Waals surface area contributed by atoms with E-state index in [0.717, 1.165) is 17.7 Å². The Bertz CT molecular complexity index is 571. The van der Waals surface area contributed by atoms with Crippen LogP contribution in [0.1, 0.15) is 25.3 Å². The van der Waals surface area contributed by atoms with E-state index < -0.39 is 18.2 Å². The molecule has 3 unspecified atom stereocenters. The van der Waals surface area contributed by atoms with Gasteiger partial charge < -0.3 is 14.7 Å². The minimum Gasteiger partial charge on any atom is -0.479 e. The molecule has 3 rings (SSSR count). The molecule has 21 heavy (non-hydrogen) atoms. The Labute approximate surface area is 123 Å². The molecule has 0 radical (unpaired) electrons. The molecule has 1 N–H and O–H groups in total. The number of carbonyl (C=O) groups excluding carboxylic acids is 1. The van der Waals surface area contributed by atoms with Crippen LogP contribution < -0.4 is 4.90 Å². The third-order valence-electron chi connectivity index (χ3n) is 4.18. The average Bonchev–Trinajstić information content (AvgIpc) is 2.95. The molecule has 2 heterocycles. The zero-order valence-electron chi connectivity index (χ0n) is 12.0. The Morgan fingerprint density at radius 1 is 1.24 bits per heavy atom. The number of aliphatic carboxylic acids is 1. The van der Waals surface area contributed by atoms with E-state index in [0.29, 0.717) is 25.3 Å². The van der Waals surface area contributed by atoms with Crippen molar-refractivity contribution in [1.29, 1.82) is 0 Å². The SMILES string of the molecule is CC1Cc2ccccc2N(C(=O)C2CCC(C(=O)O)O2)C1. The second-order valence-electron chi connectivity index (χ2n) is 5.92. The first kappa shape index (κ1) is 14.1. The van der Waals surface area contributed by atoms with Gasteiger partial charge in [-0.05, 0) is 36.8 Å². The van der Waals surface area contributed by atoms with Crippen LogP contribution in [0.15, 0.2) is 24.3 Å². The normalized spacial score (nSPS) is 28.2. The number of rotatable bonds is 2. The fourth-order valence-electron chi connectivity index (χ4n) is 3.18. The first-order valence-corrected chi connectivity index (χ1v) is 7.34. The van der Waals surface area contributed by atoms with Gasteiger partial charge in [-0.2, -0.15) is 0 Å². The zero-order valence-corrected chi connectivity index (χ0v) is 12.0. The molecule has 5 nitrogen and oxygen atoms in total. The number of carboxylic acid groups (broad SMARTS) is 1. The van der Waals surface area contributed by atoms with Gasteiger partial charge in [0.25, 0.3) is 5.91 Å². The molecule has 1 fully saturated rings. The van der Waals surface area contributed by atoms with Crippen molar-refractivity contribution in [2.24, 2.45) is 5.92 Å². The standard InChI is InChI=1S/C16H19NO4/c1-10-8-11-4-2-3-5-12(11)17(9-10)15(18)13-6-7-14(21-13)16(19)20/h2-5,10,13-14H,6-9H2,1H3,(H,19,20). The fraction of sp³-hybridized carbons (Fsp3) is 0.500. The van der Waals surface area contributed by atoms with Gasteiger partial charge in [-0.15, -0.1) is 0 Å². The summed E-state index contributed by atoms with van der Waals surface area (Å²) in [5.41, 5.74) is 2.10. The van der Waals surface area contributed by atoms with Crippen LogP contribution in [0.5, 0.6) is 0 Å². The number of nitrogens with zero attached hydrogens (tertiary/aromatic N) is 1. The Morgan fingerprint density at radius 2 is 1.95 bits per heavy atom. The van der Waals surface area contributed by atoms with E-state index in [1.165, 1.54) is 0 Å². The third-order valence-corrected chi connectivity index (χ3v) is 4.18. The molecule has 112 valence electrons. The third kappa shape index (κ3) is 2.65. The van der Waals surface area contributed by atoms with Crippen molar-refractivity contribution in [2.45, 2.75) is 38.4 Å². The van der Waals surface area contributed by atoms with Crippen molar-refractivity contribution in [3.05, 3.63) is 29.8 Å². The Hall–Kier alpha value is -1.88. The molecule has 3 atom stereocenters. The highest BCUT2D eigenvalue weighted by Gasteiger charge is 2.38. The summed E-state index contributed by atoms with van der Waals surface area (Å²) in [5.74, 6) is -0.712. The first-order chi connectivity index (χ1) is 10.1. The lowest BCUT2D eigenvalue weighted by molar-refractivity contribution is -0.151. The fourth-order valence-corrected chi connectivity index (χ4v) is 3.18. The van der Waals surface area contributed by atoms with Gasteiger partial charge in [0.1, 0.15) is 6.10 Å². The number of hydrogen-bond acceptors (Lipinski definition) is 3. The van der Waals surface area contributed by atoms with Crippen molar-refractivity contribution in [3.8, 4) is 0 Å². The van der Waals surface area contributed by atoms with Gasteiger partial charge in [-0.3, -0.25) is 4.79 Å². The zero-order chi connectivity index (χ0) is 15.0. The van der Waals surface area contributed by atoms with Crippen molar-refractivity contribution >= 4 is 17.6 Å². The van der Waals surface area contributed by atoms with Crippen LogP contribution in [0.25, 0.3) is 0 Å². The Morgan fingerprint density at radius 3 is 2.67 bits per heavy atom. The topological polar surface area (TPSA) is 66.8 Å². The number of carboxylic acids is 1. The van der Waals surface area contributed by atoms with Gasteiger partial charge >= 0.3 is 5.97 Å². The molecule has 1 amide bonds. The number of amides is 1. The lowest BCUT2D eigenvalue weighted by Crippen LogP contribution is -2.44. The minimum absolute atomic E-state index is 0.113. The molecule has 0 spiro atoms. The second kappa shape index (κ2) is 5.48. The highest BCUT2D eigenvalue weighted by Crippen LogP contribution is 2.32. The lowest BCUT2D eigenvalue weighted by atomic mass is 9.93. The highest BCUT2D eigenvalue weighted by atomic mass is 16.5. The van der Waals surface area contributed by atoms with Gasteiger partial charge in [0.2, 0.25) is 0 Å². The molecule has 5 heteroatoms. The predicted octanol–water partition coefficient (Wildman–Crippen LogP) is 1.84. The minimum atomic E-state index is -0.988. The van der Waals surface area contributed by atoms with Gasteiger partial charge in [0.05, 0.1) is 0 Å². The summed E-state index contributed by atoms with van der Waals surface area (Å²) in [7, 11) is 0. The number of para-hydroxylation sites is 1. The van der Waals surface area contributed by atoms with E-state index in [1.807, 2.05) is 24.3 Å². The Balaban J connectivity index is 1.81. The number of benzene rings is 1. The Kier molecular flexibility index (Phi) is 3.68. The summed E-state index contributed by atoms with van der Waals surface area (Å²) >= 11 is 0. The van der Waals surface area contributed by atoms with Crippen LogP contribution in [0.2, 0.25) is 0 Å². The maximum atomic E-state index is 12.7. The summed E-state index contributed by atoms with van der Waals surface area (Å²) in [5, 5.41) is 8.97. The van der Waals surface area contributed by atoms with Crippen LogP contribution in [-0.4, -0.2) is 35.7 Å². The molecule has 1 aromatic carbocycles. The van der Waals surface area contributed by atoms with Crippen molar-refractivity contribution in [2.75, 3.05) is 11.4 Å². The van der Waals surface area contributed by atoms with Gasteiger partial charge in [-0.25, -0.2) is 4.79 Å². The van der Waals surface area contributed by atoms with Crippen LogP contribution >= 0.6 is 0 Å². The molecular weight excluding hydrogens is 270 g/mol. The summed E-state index contributed by atoms with van der Waals surface area (Å²) in [6, 6.07) is 7.89. The number of fused-ring (bicyclic) bond motifs is 1. The van der Waals surface area contributed by atoms with Gasteiger partial charge in [0.15, 0.2) is 6.10 Å². The largest absolute Gasteiger partial charge is 0.479 e. The van der Waals surface area contributed by atoms with E-state index in [-0.39, 0.29) is 5.91 Å². The smallest absolute Gasteiger partial charge is 0.332 e. The molecule has 1 aromatic rings. The summed E-state index contributed by atoms with van der Waals surface area (Å²) in [6.07, 6.45) is 0.351. The summed E-state index contributed by atoms with van der Waals surface area (Å²) in [6.45, 7) is 2.78. The monoisotopic (exact) mass is 289 g/mol. The van der Waals surface area contributed by atoms with Crippen LogP contribution in [0.3, 0.4) is 0 Å². The second-order valence-corrected chi connectivity index (χ2v) is 5.92. The average molecular weight is 289 g/mol. The number of ether oxygens (including phenoxy) is 1.